The van der Waals surface area contributed by atoms with Crippen molar-refractivity contribution < 1.29 is 0 Å². The summed E-state index contributed by atoms with van der Waals surface area (Å²) in [5.41, 5.74) is 2.26. The Balaban J connectivity index is 1.30. The van der Waals surface area contributed by atoms with E-state index in [-0.39, 0.29) is 0 Å². The summed E-state index contributed by atoms with van der Waals surface area (Å²) in [7, 11) is 0. The summed E-state index contributed by atoms with van der Waals surface area (Å²) in [6, 6.07) is 10.7. The average Bonchev–Trinajstić information content (AvgIpc) is 2.74. The van der Waals surface area contributed by atoms with Crippen molar-refractivity contribution in [3.05, 3.63) is 47.5 Å². The monoisotopic (exact) mass is 361 g/mol. The second-order valence-corrected chi connectivity index (χ2v) is 9.54. The standard InChI is InChI=1S/C26H35N/c1-2-3-19-4-8-21(9-5-19)23-12-14-26-17-24(13-15-25(26)16-23)22-10-6-20(18-27)7-11-22/h2-3,6-7,10-11,19,21,23-26H,4-5,8-9,12-17H2,1H3/b3-2+. The van der Waals surface area contributed by atoms with Crippen LogP contribution in [0.5, 0.6) is 0 Å². The molecule has 4 rings (SSSR count). The molecule has 1 aromatic carbocycles. The van der Waals surface area contributed by atoms with Crippen LogP contribution < -0.4 is 0 Å². The van der Waals surface area contributed by atoms with E-state index in [0.29, 0.717) is 0 Å². The number of allylic oxidation sites excluding steroid dienone is 2. The fourth-order valence-electron chi connectivity index (χ4n) is 6.57. The minimum atomic E-state index is 0.729. The maximum absolute atomic E-state index is 9.01. The fourth-order valence-corrected chi connectivity index (χ4v) is 6.57. The molecule has 4 unspecified atom stereocenters. The quantitative estimate of drug-likeness (QED) is 0.520. The van der Waals surface area contributed by atoms with Crippen LogP contribution in [0.1, 0.15) is 88.2 Å². The molecule has 1 nitrogen and oxygen atoms in total. The molecule has 144 valence electrons. The van der Waals surface area contributed by atoms with Gasteiger partial charge in [-0.3, -0.25) is 0 Å². The van der Waals surface area contributed by atoms with E-state index in [9.17, 15) is 0 Å². The summed E-state index contributed by atoms with van der Waals surface area (Å²) in [6.45, 7) is 2.17. The Labute approximate surface area is 165 Å². The summed E-state index contributed by atoms with van der Waals surface area (Å²) < 4.78 is 0. The maximum atomic E-state index is 9.01. The third kappa shape index (κ3) is 4.31. The van der Waals surface area contributed by atoms with Gasteiger partial charge in [0.25, 0.3) is 0 Å². The Hall–Kier alpha value is -1.55. The molecule has 1 aromatic rings. The van der Waals surface area contributed by atoms with Crippen LogP contribution in [-0.4, -0.2) is 0 Å². The van der Waals surface area contributed by atoms with Gasteiger partial charge in [0.05, 0.1) is 11.6 Å². The lowest BCUT2D eigenvalue weighted by Gasteiger charge is -2.45. The zero-order valence-corrected chi connectivity index (χ0v) is 16.9. The van der Waals surface area contributed by atoms with Crippen molar-refractivity contribution in [1.29, 1.82) is 5.26 Å². The highest BCUT2D eigenvalue weighted by molar-refractivity contribution is 5.33. The minimum absolute atomic E-state index is 0.729. The lowest BCUT2D eigenvalue weighted by atomic mass is 9.60. The Kier molecular flexibility index (Phi) is 6.01. The van der Waals surface area contributed by atoms with Crippen LogP contribution in [0.3, 0.4) is 0 Å². The first-order valence-electron chi connectivity index (χ1n) is 11.4. The van der Waals surface area contributed by atoms with Gasteiger partial charge in [-0.05, 0) is 124 Å². The molecule has 0 heterocycles. The largest absolute Gasteiger partial charge is 0.192 e. The fraction of sp³-hybridized carbons (Fsp3) is 0.654. The highest BCUT2D eigenvalue weighted by Gasteiger charge is 2.38. The highest BCUT2D eigenvalue weighted by Crippen LogP contribution is 2.50. The van der Waals surface area contributed by atoms with E-state index in [1.807, 2.05) is 12.1 Å². The van der Waals surface area contributed by atoms with Crippen molar-refractivity contribution in [2.45, 2.75) is 77.0 Å². The predicted molar refractivity (Wildman–Crippen MR) is 112 cm³/mol. The highest BCUT2D eigenvalue weighted by atomic mass is 14.4. The molecule has 0 aromatic heterocycles. The van der Waals surface area contributed by atoms with E-state index in [2.05, 4.69) is 37.3 Å². The summed E-state index contributed by atoms with van der Waals surface area (Å²) in [5.74, 6) is 5.58. The summed E-state index contributed by atoms with van der Waals surface area (Å²) >= 11 is 0. The molecule has 0 N–H and O–H groups in total. The van der Waals surface area contributed by atoms with E-state index >= 15 is 0 Å². The Morgan fingerprint density at radius 1 is 0.778 bits per heavy atom. The van der Waals surface area contributed by atoms with Crippen molar-refractivity contribution in [2.24, 2.45) is 29.6 Å². The van der Waals surface area contributed by atoms with Crippen LogP contribution >= 0.6 is 0 Å². The molecule has 0 radical (unpaired) electrons. The van der Waals surface area contributed by atoms with E-state index in [4.69, 9.17) is 5.26 Å². The topological polar surface area (TPSA) is 23.8 Å². The van der Waals surface area contributed by atoms with Crippen LogP contribution in [0.15, 0.2) is 36.4 Å². The van der Waals surface area contributed by atoms with Gasteiger partial charge in [0, 0.05) is 0 Å². The van der Waals surface area contributed by atoms with Crippen molar-refractivity contribution >= 4 is 0 Å². The van der Waals surface area contributed by atoms with Gasteiger partial charge in [-0.15, -0.1) is 0 Å². The van der Waals surface area contributed by atoms with Gasteiger partial charge in [-0.25, -0.2) is 0 Å². The normalized spacial score (nSPS) is 36.9. The number of nitriles is 1. The number of nitrogens with zero attached hydrogens (tertiary/aromatic N) is 1. The number of hydrogen-bond donors (Lipinski definition) is 0. The molecule has 3 fully saturated rings. The first-order chi connectivity index (χ1) is 13.3. The summed E-state index contributed by atoms with van der Waals surface area (Å²) in [4.78, 5) is 0. The van der Waals surface area contributed by atoms with Crippen molar-refractivity contribution in [3.63, 3.8) is 0 Å². The molecule has 0 aliphatic heterocycles. The van der Waals surface area contributed by atoms with Crippen molar-refractivity contribution in [2.75, 3.05) is 0 Å². The van der Waals surface area contributed by atoms with E-state index in [1.165, 1.54) is 69.8 Å². The molecular formula is C26H35N. The second kappa shape index (κ2) is 8.64. The first kappa shape index (κ1) is 18.8. The smallest absolute Gasteiger partial charge is 0.0991 e. The molecule has 4 atom stereocenters. The van der Waals surface area contributed by atoms with Gasteiger partial charge in [0.15, 0.2) is 0 Å². The van der Waals surface area contributed by atoms with Gasteiger partial charge in [-0.1, -0.05) is 24.3 Å². The lowest BCUT2D eigenvalue weighted by molar-refractivity contribution is 0.0748. The number of benzene rings is 1. The third-order valence-electron chi connectivity index (χ3n) is 8.11. The van der Waals surface area contributed by atoms with Gasteiger partial charge in [-0.2, -0.15) is 5.26 Å². The summed E-state index contributed by atoms with van der Waals surface area (Å²) in [5, 5.41) is 9.01. The Morgan fingerprint density at radius 2 is 1.37 bits per heavy atom. The van der Waals surface area contributed by atoms with E-state index in [0.717, 1.165) is 41.1 Å². The second-order valence-electron chi connectivity index (χ2n) is 9.54. The van der Waals surface area contributed by atoms with E-state index < -0.39 is 0 Å². The van der Waals surface area contributed by atoms with Gasteiger partial charge in [0.1, 0.15) is 0 Å². The first-order valence-corrected chi connectivity index (χ1v) is 11.4. The number of fused-ring (bicyclic) bond motifs is 1. The molecule has 3 saturated carbocycles. The van der Waals surface area contributed by atoms with E-state index in [1.54, 1.807) is 0 Å². The van der Waals surface area contributed by atoms with Gasteiger partial charge in [0.2, 0.25) is 0 Å². The minimum Gasteiger partial charge on any atom is -0.192 e. The maximum Gasteiger partial charge on any atom is 0.0991 e. The zero-order valence-electron chi connectivity index (χ0n) is 16.9. The Morgan fingerprint density at radius 3 is 2.04 bits per heavy atom. The number of hydrogen-bond acceptors (Lipinski definition) is 1. The Bertz CT molecular complexity index is 671. The van der Waals surface area contributed by atoms with Crippen molar-refractivity contribution in [3.8, 4) is 6.07 Å². The predicted octanol–water partition coefficient (Wildman–Crippen LogP) is 7.24. The van der Waals surface area contributed by atoms with Crippen LogP contribution in [0, 0.1) is 40.9 Å². The average molecular weight is 362 g/mol. The van der Waals surface area contributed by atoms with Crippen LogP contribution in [0.2, 0.25) is 0 Å². The SMILES string of the molecule is C/C=C/C1CCC(C2CCC3CC(c4ccc(C#N)cc4)CCC3C2)CC1. The van der Waals surface area contributed by atoms with Crippen LogP contribution in [-0.2, 0) is 0 Å². The molecule has 3 aliphatic rings. The third-order valence-corrected chi connectivity index (χ3v) is 8.11. The number of rotatable bonds is 3. The molecule has 0 amide bonds. The molecule has 0 bridgehead atoms. The molecular weight excluding hydrogens is 326 g/mol. The summed E-state index contributed by atoms with van der Waals surface area (Å²) in [6.07, 6.45) is 19.2. The van der Waals surface area contributed by atoms with Crippen molar-refractivity contribution in [1.82, 2.24) is 0 Å². The van der Waals surface area contributed by atoms with Crippen LogP contribution in [0.25, 0.3) is 0 Å². The molecule has 27 heavy (non-hydrogen) atoms. The zero-order chi connectivity index (χ0) is 18.6. The van der Waals surface area contributed by atoms with Gasteiger partial charge >= 0.3 is 0 Å². The van der Waals surface area contributed by atoms with Gasteiger partial charge < -0.3 is 0 Å². The van der Waals surface area contributed by atoms with Crippen LogP contribution in [0.4, 0.5) is 0 Å². The molecule has 1 heteroatoms. The molecule has 0 saturated heterocycles. The lowest BCUT2D eigenvalue weighted by Crippen LogP contribution is -2.34. The molecule has 0 spiro atoms. The molecule has 3 aliphatic carbocycles.